The minimum atomic E-state index is -5.63. The number of halogens is 4. The van der Waals surface area contributed by atoms with Gasteiger partial charge in [0.25, 0.3) is 0 Å². The largest absolute Gasteiger partial charge is 0.516 e. The summed E-state index contributed by atoms with van der Waals surface area (Å²) in [6, 6.07) is 7.73. The number of unbranched alkanes of at least 4 members (excludes halogenated alkanes) is 2. The maximum absolute atomic E-state index is 13.0. The average Bonchev–Trinajstić information content (AvgIpc) is 2.73. The standard InChI is InChI=1S/C20H25BrF3N5O2S/c1-3-5-11-29(12-6-4-2)16-8-9-17(26-27-19-10-7-15(21)14-25-19)18(13-16)28-32(30,31)20(22,23)24/h7-10,13-14,28H,3-6,11-12H2,1-2H3. The Morgan fingerprint density at radius 1 is 1.06 bits per heavy atom. The van der Waals surface area contributed by atoms with Gasteiger partial charge in [-0.25, -0.2) is 4.98 Å². The van der Waals surface area contributed by atoms with Crippen LogP contribution in [-0.2, 0) is 10.0 Å². The molecule has 2 aromatic rings. The third-order valence-corrected chi connectivity index (χ3v) is 6.00. The Bertz CT molecular complexity index is 1010. The van der Waals surface area contributed by atoms with Crippen LogP contribution in [0.2, 0.25) is 0 Å². The smallest absolute Gasteiger partial charge is 0.371 e. The summed E-state index contributed by atoms with van der Waals surface area (Å²) in [6.45, 7) is 5.48. The number of nitrogens with zero attached hydrogens (tertiary/aromatic N) is 4. The summed E-state index contributed by atoms with van der Waals surface area (Å²) in [5.74, 6) is 0.217. The summed E-state index contributed by atoms with van der Waals surface area (Å²) in [5, 5.41) is 7.84. The fourth-order valence-corrected chi connectivity index (χ4v) is 3.50. The second-order valence-electron chi connectivity index (χ2n) is 6.98. The van der Waals surface area contributed by atoms with E-state index in [4.69, 9.17) is 0 Å². The Morgan fingerprint density at radius 3 is 2.25 bits per heavy atom. The molecule has 1 aromatic carbocycles. The third-order valence-electron chi connectivity index (χ3n) is 4.43. The van der Waals surface area contributed by atoms with E-state index >= 15 is 0 Å². The second kappa shape index (κ2) is 11.6. The summed E-state index contributed by atoms with van der Waals surface area (Å²) >= 11 is 3.24. The first-order valence-electron chi connectivity index (χ1n) is 10.1. The lowest BCUT2D eigenvalue weighted by atomic mass is 10.2. The van der Waals surface area contributed by atoms with Crippen LogP contribution in [0.5, 0.6) is 0 Å². The molecule has 0 saturated heterocycles. The lowest BCUT2D eigenvalue weighted by Crippen LogP contribution is -2.30. The van der Waals surface area contributed by atoms with Crippen molar-refractivity contribution in [1.29, 1.82) is 0 Å². The van der Waals surface area contributed by atoms with Crippen molar-refractivity contribution >= 4 is 48.8 Å². The van der Waals surface area contributed by atoms with Crippen LogP contribution in [0, 0.1) is 0 Å². The predicted molar refractivity (Wildman–Crippen MR) is 123 cm³/mol. The zero-order valence-corrected chi connectivity index (χ0v) is 20.1. The highest BCUT2D eigenvalue weighted by Gasteiger charge is 2.46. The zero-order chi connectivity index (χ0) is 23.8. The van der Waals surface area contributed by atoms with E-state index in [1.807, 2.05) is 18.7 Å². The molecule has 0 amide bonds. The number of sulfonamides is 1. The van der Waals surface area contributed by atoms with Crippen LogP contribution in [0.4, 0.5) is 36.1 Å². The molecule has 0 aliphatic carbocycles. The first-order chi connectivity index (χ1) is 15.1. The molecule has 0 saturated carbocycles. The van der Waals surface area contributed by atoms with Gasteiger partial charge in [0.1, 0.15) is 5.69 Å². The summed E-state index contributed by atoms with van der Waals surface area (Å²) in [5.41, 5.74) is -5.22. The first kappa shape index (κ1) is 26.0. The SMILES string of the molecule is CCCCN(CCCC)c1ccc(N=Nc2ccc(Br)cn2)c(NS(=O)(=O)C(F)(F)F)c1. The van der Waals surface area contributed by atoms with Gasteiger partial charge in [-0.1, -0.05) is 26.7 Å². The van der Waals surface area contributed by atoms with E-state index in [2.05, 4.69) is 31.1 Å². The Balaban J connectivity index is 2.46. The number of azo groups is 1. The number of hydrogen-bond acceptors (Lipinski definition) is 6. The highest BCUT2D eigenvalue weighted by molar-refractivity contribution is 9.10. The molecular weight excluding hydrogens is 511 g/mol. The van der Waals surface area contributed by atoms with Crippen LogP contribution in [0.3, 0.4) is 0 Å². The Kier molecular flexibility index (Phi) is 9.44. The molecule has 0 radical (unpaired) electrons. The lowest BCUT2D eigenvalue weighted by molar-refractivity contribution is -0.0429. The van der Waals surface area contributed by atoms with Gasteiger partial charge in [-0.2, -0.15) is 21.6 Å². The second-order valence-corrected chi connectivity index (χ2v) is 9.57. The third kappa shape index (κ3) is 7.44. The number of nitrogens with one attached hydrogen (secondary N) is 1. The van der Waals surface area contributed by atoms with Gasteiger partial charge in [0.15, 0.2) is 5.82 Å². The predicted octanol–water partition coefficient (Wildman–Crippen LogP) is 6.93. The Labute approximate surface area is 194 Å². The molecule has 1 heterocycles. The van der Waals surface area contributed by atoms with Gasteiger partial charge in [-0.15, -0.1) is 10.2 Å². The Hall–Kier alpha value is -2.21. The monoisotopic (exact) mass is 535 g/mol. The van der Waals surface area contributed by atoms with Crippen molar-refractivity contribution < 1.29 is 21.6 Å². The van der Waals surface area contributed by atoms with E-state index < -0.39 is 15.5 Å². The van der Waals surface area contributed by atoms with Crippen molar-refractivity contribution in [1.82, 2.24) is 4.98 Å². The van der Waals surface area contributed by atoms with Crippen LogP contribution >= 0.6 is 15.9 Å². The van der Waals surface area contributed by atoms with Gasteiger partial charge in [0.2, 0.25) is 0 Å². The number of anilines is 2. The van der Waals surface area contributed by atoms with Crippen molar-refractivity contribution in [2.24, 2.45) is 10.2 Å². The number of hydrogen-bond donors (Lipinski definition) is 1. The number of rotatable bonds is 11. The normalized spacial score (nSPS) is 12.3. The molecule has 2 rings (SSSR count). The van der Waals surface area contributed by atoms with E-state index in [-0.39, 0.29) is 17.2 Å². The molecule has 0 fully saturated rings. The van der Waals surface area contributed by atoms with Crippen molar-refractivity contribution in [3.05, 3.63) is 41.0 Å². The molecule has 32 heavy (non-hydrogen) atoms. The molecule has 0 bridgehead atoms. The molecule has 0 atom stereocenters. The summed E-state index contributed by atoms with van der Waals surface area (Å²) in [6.07, 6.45) is 5.17. The Morgan fingerprint density at radius 2 is 1.72 bits per heavy atom. The number of pyridine rings is 1. The van der Waals surface area contributed by atoms with E-state index in [1.165, 1.54) is 18.3 Å². The van der Waals surface area contributed by atoms with Crippen molar-refractivity contribution in [3.63, 3.8) is 0 Å². The first-order valence-corrected chi connectivity index (χ1v) is 12.4. The van der Waals surface area contributed by atoms with E-state index in [0.29, 0.717) is 18.8 Å². The van der Waals surface area contributed by atoms with Gasteiger partial charge in [0, 0.05) is 29.4 Å². The summed E-state index contributed by atoms with van der Waals surface area (Å²) in [4.78, 5) is 6.04. The van der Waals surface area contributed by atoms with Crippen LogP contribution in [0.15, 0.2) is 51.2 Å². The van der Waals surface area contributed by atoms with Crippen LogP contribution < -0.4 is 9.62 Å². The summed E-state index contributed by atoms with van der Waals surface area (Å²) < 4.78 is 64.9. The molecule has 0 aliphatic rings. The molecule has 1 N–H and O–H groups in total. The van der Waals surface area contributed by atoms with Crippen molar-refractivity contribution in [3.8, 4) is 0 Å². The minimum absolute atomic E-state index is 0.0581. The lowest BCUT2D eigenvalue weighted by Gasteiger charge is -2.25. The highest BCUT2D eigenvalue weighted by Crippen LogP contribution is 2.35. The molecule has 0 aliphatic heterocycles. The maximum atomic E-state index is 13.0. The molecule has 0 unspecified atom stereocenters. The fourth-order valence-electron chi connectivity index (χ4n) is 2.69. The van der Waals surface area contributed by atoms with Gasteiger partial charge in [-0.3, -0.25) is 4.72 Å². The molecule has 12 heteroatoms. The van der Waals surface area contributed by atoms with E-state index in [0.717, 1.165) is 30.2 Å². The summed E-state index contributed by atoms with van der Waals surface area (Å²) in [7, 11) is -5.63. The molecule has 1 aromatic heterocycles. The molecule has 0 spiro atoms. The van der Waals surface area contributed by atoms with Crippen LogP contribution in [0.1, 0.15) is 39.5 Å². The fraction of sp³-hybridized carbons (Fsp3) is 0.450. The average molecular weight is 536 g/mol. The molecule has 176 valence electrons. The number of alkyl halides is 3. The topological polar surface area (TPSA) is 87.0 Å². The van der Waals surface area contributed by atoms with Crippen molar-refractivity contribution in [2.45, 2.75) is 45.0 Å². The highest BCUT2D eigenvalue weighted by atomic mass is 79.9. The van der Waals surface area contributed by atoms with Crippen molar-refractivity contribution in [2.75, 3.05) is 22.7 Å². The minimum Gasteiger partial charge on any atom is -0.371 e. The number of aromatic nitrogens is 1. The molecular formula is C20H25BrF3N5O2S. The van der Waals surface area contributed by atoms with Gasteiger partial charge < -0.3 is 4.90 Å². The van der Waals surface area contributed by atoms with E-state index in [9.17, 15) is 21.6 Å². The van der Waals surface area contributed by atoms with Crippen LogP contribution in [0.25, 0.3) is 0 Å². The molecule has 7 nitrogen and oxygen atoms in total. The quantitative estimate of drug-likeness (QED) is 0.316. The number of benzene rings is 1. The van der Waals surface area contributed by atoms with E-state index in [1.54, 1.807) is 22.9 Å². The van der Waals surface area contributed by atoms with Crippen LogP contribution in [-0.4, -0.2) is 32.0 Å². The zero-order valence-electron chi connectivity index (χ0n) is 17.7. The van der Waals surface area contributed by atoms with Gasteiger partial charge in [0.05, 0.1) is 5.69 Å². The van der Waals surface area contributed by atoms with Gasteiger partial charge in [-0.05, 0) is 59.1 Å². The van der Waals surface area contributed by atoms with Gasteiger partial charge >= 0.3 is 15.5 Å². The maximum Gasteiger partial charge on any atom is 0.516 e.